The zero-order chi connectivity index (χ0) is 18.4. The molecule has 1 aromatic carbocycles. The van der Waals surface area contributed by atoms with Gasteiger partial charge in [0.25, 0.3) is 5.69 Å². The molecule has 132 valence electrons. The van der Waals surface area contributed by atoms with Crippen LogP contribution in [0.15, 0.2) is 34.7 Å². The van der Waals surface area contributed by atoms with Crippen LogP contribution in [0.4, 0.5) is 5.69 Å². The van der Waals surface area contributed by atoms with Crippen molar-refractivity contribution in [1.29, 1.82) is 0 Å². The number of aliphatic carboxylic acids is 1. The number of nitrogens with zero attached hydrogens (tertiary/aromatic N) is 1. The first kappa shape index (κ1) is 17.5. The molecule has 0 aliphatic carbocycles. The third-order valence-electron chi connectivity index (χ3n) is 4.25. The third kappa shape index (κ3) is 3.27. The number of nitro benzene ring substituents is 1. The number of furan rings is 1. The first-order chi connectivity index (χ1) is 11.7. The van der Waals surface area contributed by atoms with Crippen molar-refractivity contribution in [3.8, 4) is 11.3 Å². The van der Waals surface area contributed by atoms with Crippen LogP contribution in [0.5, 0.6) is 0 Å². The molecule has 0 spiro atoms. The molecule has 0 bridgehead atoms. The summed E-state index contributed by atoms with van der Waals surface area (Å²) >= 11 is 1.50. The number of carboxylic acid groups (broad SMARTS) is 1. The molecule has 8 heteroatoms. The second-order valence-corrected chi connectivity index (χ2v) is 8.26. The smallest absolute Gasteiger partial charge is 0.322 e. The van der Waals surface area contributed by atoms with Crippen LogP contribution in [-0.2, 0) is 4.79 Å². The van der Waals surface area contributed by atoms with Crippen LogP contribution in [0.25, 0.3) is 11.3 Å². The van der Waals surface area contributed by atoms with E-state index in [1.165, 1.54) is 23.9 Å². The van der Waals surface area contributed by atoms with Gasteiger partial charge in [0.15, 0.2) is 0 Å². The molecule has 2 heterocycles. The lowest BCUT2D eigenvalue weighted by Gasteiger charge is -2.20. The van der Waals surface area contributed by atoms with Crippen molar-refractivity contribution in [2.24, 2.45) is 0 Å². The highest BCUT2D eigenvalue weighted by Crippen LogP contribution is 2.46. The maximum atomic E-state index is 11.4. The van der Waals surface area contributed by atoms with Crippen LogP contribution in [0.3, 0.4) is 0 Å². The quantitative estimate of drug-likeness (QED) is 0.630. The number of aryl methyl sites for hydroxylation is 1. The minimum Gasteiger partial charge on any atom is -0.480 e. The summed E-state index contributed by atoms with van der Waals surface area (Å²) in [4.78, 5) is 21.8. The first-order valence-electron chi connectivity index (χ1n) is 7.71. The van der Waals surface area contributed by atoms with Crippen molar-refractivity contribution < 1.29 is 19.2 Å². The molecule has 1 aromatic heterocycles. The molecule has 1 saturated heterocycles. The van der Waals surface area contributed by atoms with E-state index in [9.17, 15) is 20.0 Å². The minimum atomic E-state index is -0.891. The van der Waals surface area contributed by atoms with Gasteiger partial charge in [0.1, 0.15) is 22.9 Å². The van der Waals surface area contributed by atoms with Gasteiger partial charge >= 0.3 is 5.97 Å². The van der Waals surface area contributed by atoms with Gasteiger partial charge in [0, 0.05) is 22.4 Å². The lowest BCUT2D eigenvalue weighted by Crippen LogP contribution is -2.43. The number of non-ortho nitro benzene ring substituents is 1. The summed E-state index contributed by atoms with van der Waals surface area (Å²) < 4.78 is 5.44. The van der Waals surface area contributed by atoms with Crippen LogP contribution < -0.4 is 5.32 Å². The maximum absolute atomic E-state index is 11.4. The Kier molecular flexibility index (Phi) is 4.34. The number of nitro groups is 1. The molecule has 7 nitrogen and oxygen atoms in total. The average Bonchev–Trinajstić information content (AvgIpc) is 3.11. The van der Waals surface area contributed by atoms with E-state index in [4.69, 9.17) is 4.42 Å². The lowest BCUT2D eigenvalue weighted by atomic mass is 10.0. The van der Waals surface area contributed by atoms with E-state index in [2.05, 4.69) is 5.32 Å². The molecule has 0 amide bonds. The SMILES string of the molecule is Cc1cc([N+](=O)[O-])ccc1-c1ccc(C2NC(C(=O)O)C(C)(C)S2)o1. The van der Waals surface area contributed by atoms with E-state index in [0.717, 1.165) is 11.1 Å². The van der Waals surface area contributed by atoms with Gasteiger partial charge < -0.3 is 9.52 Å². The van der Waals surface area contributed by atoms with Crippen LogP contribution in [0.1, 0.15) is 30.5 Å². The van der Waals surface area contributed by atoms with E-state index in [-0.39, 0.29) is 11.1 Å². The Balaban J connectivity index is 1.87. The number of carbonyl (C=O) groups is 1. The summed E-state index contributed by atoms with van der Waals surface area (Å²) in [6, 6.07) is 7.54. The Labute approximate surface area is 148 Å². The molecule has 2 aromatic rings. The molecule has 1 aliphatic rings. The van der Waals surface area contributed by atoms with E-state index in [1.807, 2.05) is 13.8 Å². The molecule has 0 radical (unpaired) electrons. The van der Waals surface area contributed by atoms with Gasteiger partial charge in [-0.05, 0) is 44.5 Å². The Morgan fingerprint density at radius 2 is 2.08 bits per heavy atom. The summed E-state index contributed by atoms with van der Waals surface area (Å²) in [6.45, 7) is 5.55. The number of benzene rings is 1. The third-order valence-corrected chi connectivity index (χ3v) is 5.70. The van der Waals surface area contributed by atoms with Crippen molar-refractivity contribution >= 4 is 23.4 Å². The normalized spacial score (nSPS) is 22.0. The summed E-state index contributed by atoms with van der Waals surface area (Å²) in [7, 11) is 0. The van der Waals surface area contributed by atoms with Gasteiger partial charge in [-0.3, -0.25) is 20.2 Å². The van der Waals surface area contributed by atoms with Gasteiger partial charge in [-0.25, -0.2) is 0 Å². The van der Waals surface area contributed by atoms with Crippen molar-refractivity contribution in [1.82, 2.24) is 5.32 Å². The number of rotatable bonds is 4. The number of thioether (sulfide) groups is 1. The Morgan fingerprint density at radius 3 is 2.64 bits per heavy atom. The first-order valence-corrected chi connectivity index (χ1v) is 8.59. The van der Waals surface area contributed by atoms with Crippen molar-refractivity contribution in [2.75, 3.05) is 0 Å². The number of carboxylic acids is 1. The fourth-order valence-electron chi connectivity index (χ4n) is 2.94. The zero-order valence-corrected chi connectivity index (χ0v) is 14.8. The van der Waals surface area contributed by atoms with Gasteiger partial charge in [-0.2, -0.15) is 0 Å². The Hall–Kier alpha value is -2.32. The lowest BCUT2D eigenvalue weighted by molar-refractivity contribution is -0.384. The van der Waals surface area contributed by atoms with Crippen molar-refractivity contribution in [3.63, 3.8) is 0 Å². The van der Waals surface area contributed by atoms with E-state index in [0.29, 0.717) is 11.5 Å². The summed E-state index contributed by atoms with van der Waals surface area (Å²) in [6.07, 6.45) is 0. The molecule has 1 aliphatic heterocycles. The second kappa shape index (κ2) is 6.20. The van der Waals surface area contributed by atoms with Crippen LogP contribution in [0, 0.1) is 17.0 Å². The molecule has 2 N–H and O–H groups in total. The van der Waals surface area contributed by atoms with E-state index >= 15 is 0 Å². The van der Waals surface area contributed by atoms with Crippen molar-refractivity contribution in [3.05, 3.63) is 51.8 Å². The second-order valence-electron chi connectivity index (χ2n) is 6.50. The van der Waals surface area contributed by atoms with E-state index < -0.39 is 21.7 Å². The molecule has 2 atom stereocenters. The summed E-state index contributed by atoms with van der Waals surface area (Å²) in [5, 5.41) is 23.0. The van der Waals surface area contributed by atoms with Gasteiger partial charge in [-0.1, -0.05) is 0 Å². The highest BCUT2D eigenvalue weighted by Gasteiger charge is 2.46. The molecule has 25 heavy (non-hydrogen) atoms. The summed E-state index contributed by atoms with van der Waals surface area (Å²) in [5.41, 5.74) is 1.55. The minimum absolute atomic E-state index is 0.0343. The topological polar surface area (TPSA) is 106 Å². The fourth-order valence-corrected chi connectivity index (χ4v) is 4.30. The Morgan fingerprint density at radius 1 is 1.36 bits per heavy atom. The van der Waals surface area contributed by atoms with Crippen LogP contribution >= 0.6 is 11.8 Å². The van der Waals surface area contributed by atoms with Gasteiger partial charge in [0.05, 0.1) is 4.92 Å². The highest BCUT2D eigenvalue weighted by atomic mass is 32.2. The van der Waals surface area contributed by atoms with E-state index in [1.54, 1.807) is 25.1 Å². The zero-order valence-electron chi connectivity index (χ0n) is 14.0. The fraction of sp³-hybridized carbons (Fsp3) is 0.353. The molecule has 3 rings (SSSR count). The van der Waals surface area contributed by atoms with Gasteiger partial charge in [0.2, 0.25) is 0 Å². The van der Waals surface area contributed by atoms with Crippen LogP contribution in [-0.4, -0.2) is 26.8 Å². The predicted molar refractivity (Wildman–Crippen MR) is 94.5 cm³/mol. The number of hydrogen-bond acceptors (Lipinski definition) is 6. The molecule has 0 saturated carbocycles. The monoisotopic (exact) mass is 362 g/mol. The highest BCUT2D eigenvalue weighted by molar-refractivity contribution is 8.01. The van der Waals surface area contributed by atoms with Gasteiger partial charge in [-0.15, -0.1) is 11.8 Å². The largest absolute Gasteiger partial charge is 0.480 e. The molecule has 2 unspecified atom stereocenters. The average molecular weight is 362 g/mol. The molecular formula is C17H18N2O5S. The molecule has 1 fully saturated rings. The standard InChI is InChI=1S/C17H18N2O5S/c1-9-8-10(19(22)23)4-5-11(9)12-6-7-13(24-12)15-18-14(16(20)21)17(2,3)25-15/h4-8,14-15,18H,1-3H3,(H,20,21). The van der Waals surface area contributed by atoms with Crippen LogP contribution in [0.2, 0.25) is 0 Å². The summed E-state index contributed by atoms with van der Waals surface area (Å²) in [5.74, 6) is 0.342. The number of hydrogen-bond donors (Lipinski definition) is 2. The number of nitrogens with one attached hydrogen (secondary N) is 1. The predicted octanol–water partition coefficient (Wildman–Crippen LogP) is 3.73. The molecular weight excluding hydrogens is 344 g/mol. The Bertz CT molecular complexity index is 845. The maximum Gasteiger partial charge on any atom is 0.322 e. The van der Waals surface area contributed by atoms with Crippen molar-refractivity contribution in [2.45, 2.75) is 36.9 Å².